The fraction of sp³-hybridized carbons (Fsp3) is 0.231. The van der Waals surface area contributed by atoms with Gasteiger partial charge in [0, 0.05) is 34.9 Å². The van der Waals surface area contributed by atoms with Crippen molar-refractivity contribution in [3.8, 4) is 17.7 Å². The molecule has 182 valence electrons. The molecule has 4 rings (SSSR count). The Morgan fingerprint density at radius 1 is 1.06 bits per heavy atom. The number of halogens is 1. The summed E-state index contributed by atoms with van der Waals surface area (Å²) < 4.78 is 20.5. The van der Waals surface area contributed by atoms with Crippen molar-refractivity contribution >= 4 is 34.0 Å². The number of hydrogen-bond donors (Lipinski definition) is 3. The second-order valence-electron chi connectivity index (χ2n) is 6.79. The summed E-state index contributed by atoms with van der Waals surface area (Å²) in [5.41, 5.74) is 2.76. The molecule has 1 amide bonds. The molecule has 9 heteroatoms. The van der Waals surface area contributed by atoms with Gasteiger partial charge in [-0.05, 0) is 49.4 Å². The minimum absolute atomic E-state index is 0.0261. The lowest BCUT2D eigenvalue weighted by atomic mass is 10.2. The summed E-state index contributed by atoms with van der Waals surface area (Å²) in [6.07, 6.45) is 1.22. The number of carbonyl (C=O) groups excluding carboxylic acids is 1. The number of rotatable bonds is 5. The molecule has 0 saturated heterocycles. The van der Waals surface area contributed by atoms with Gasteiger partial charge in [-0.25, -0.2) is 14.4 Å². The zero-order chi connectivity index (χ0) is 26.0. The van der Waals surface area contributed by atoms with Gasteiger partial charge in [0.25, 0.3) is 0 Å². The van der Waals surface area contributed by atoms with Gasteiger partial charge in [-0.15, -0.1) is 0 Å². The van der Waals surface area contributed by atoms with Gasteiger partial charge in [-0.2, -0.15) is 5.26 Å². The summed E-state index contributed by atoms with van der Waals surface area (Å²) in [6.45, 7) is 11.3. The Morgan fingerprint density at radius 2 is 1.71 bits per heavy atom. The molecule has 0 unspecified atom stereocenters. The highest BCUT2D eigenvalue weighted by Gasteiger charge is 2.17. The van der Waals surface area contributed by atoms with Crippen molar-refractivity contribution in [3.63, 3.8) is 0 Å². The lowest BCUT2D eigenvalue weighted by Gasteiger charge is -2.12. The van der Waals surface area contributed by atoms with Crippen LogP contribution in [0.4, 0.5) is 21.6 Å². The average molecular weight is 477 g/mol. The van der Waals surface area contributed by atoms with Crippen molar-refractivity contribution in [2.24, 2.45) is 0 Å². The number of H-pyrrole nitrogens is 1. The van der Waals surface area contributed by atoms with Crippen LogP contribution >= 0.6 is 0 Å². The summed E-state index contributed by atoms with van der Waals surface area (Å²) in [5, 5.41) is 15.7. The van der Waals surface area contributed by atoms with E-state index < -0.39 is 5.82 Å². The van der Waals surface area contributed by atoms with Crippen LogP contribution in [0, 0.1) is 24.1 Å². The van der Waals surface area contributed by atoms with E-state index in [0.29, 0.717) is 22.3 Å². The van der Waals surface area contributed by atoms with Crippen molar-refractivity contribution < 1.29 is 13.9 Å². The molecule has 0 radical (unpaired) electrons. The van der Waals surface area contributed by atoms with E-state index in [-0.39, 0.29) is 28.9 Å². The van der Waals surface area contributed by atoms with Crippen LogP contribution in [0.15, 0.2) is 48.8 Å². The van der Waals surface area contributed by atoms with Gasteiger partial charge in [-0.1, -0.05) is 27.7 Å². The Kier molecular flexibility index (Phi) is 9.72. The van der Waals surface area contributed by atoms with E-state index in [1.165, 1.54) is 19.3 Å². The molecule has 4 aromatic rings. The van der Waals surface area contributed by atoms with Crippen LogP contribution in [0.5, 0.6) is 11.6 Å². The second kappa shape index (κ2) is 12.7. The largest absolute Gasteiger partial charge is 0.434 e. The highest BCUT2D eigenvalue weighted by Crippen LogP contribution is 2.33. The highest BCUT2D eigenvalue weighted by molar-refractivity contribution is 5.89. The zero-order valence-corrected chi connectivity index (χ0v) is 20.7. The Balaban J connectivity index is 0.00000103. The quantitative estimate of drug-likeness (QED) is 0.291. The molecule has 2 aromatic heterocycles. The average Bonchev–Trinajstić information content (AvgIpc) is 3.26. The number of nitrogens with one attached hydrogen (secondary N) is 3. The lowest BCUT2D eigenvalue weighted by molar-refractivity contribution is -0.114. The van der Waals surface area contributed by atoms with Crippen LogP contribution in [0.25, 0.3) is 10.9 Å². The van der Waals surface area contributed by atoms with Crippen LogP contribution in [0.2, 0.25) is 0 Å². The molecule has 35 heavy (non-hydrogen) atoms. The number of hydrogen-bond acceptors (Lipinski definition) is 6. The van der Waals surface area contributed by atoms with Gasteiger partial charge in [0.2, 0.25) is 11.8 Å². The normalized spacial score (nSPS) is 9.66. The third-order valence-electron chi connectivity index (χ3n) is 4.44. The molecule has 8 nitrogen and oxygen atoms in total. The number of aromatic amines is 1. The van der Waals surface area contributed by atoms with Crippen LogP contribution in [0.1, 0.15) is 45.9 Å². The number of carbonyl (C=O) groups is 1. The van der Waals surface area contributed by atoms with E-state index in [4.69, 9.17) is 4.74 Å². The maximum atomic E-state index is 14.9. The summed E-state index contributed by atoms with van der Waals surface area (Å²) >= 11 is 0. The maximum absolute atomic E-state index is 14.9. The number of nitrogens with zero attached hydrogens (tertiary/aromatic N) is 3. The number of aromatic nitrogens is 3. The predicted octanol–water partition coefficient (Wildman–Crippen LogP) is 6.82. The van der Waals surface area contributed by atoms with Gasteiger partial charge < -0.3 is 20.4 Å². The number of anilines is 3. The molecule has 0 atom stereocenters. The third kappa shape index (κ3) is 6.54. The van der Waals surface area contributed by atoms with Crippen molar-refractivity contribution in [2.45, 2.75) is 41.5 Å². The lowest BCUT2D eigenvalue weighted by Crippen LogP contribution is -2.05. The standard InChI is InChI=1S/C22H17FN6O2.2C2H6/c1-12-9-16-18(27-12)7-8-19(20(16)23)31-22-17(10-24)21(25-11-26-22)29-15-5-3-14(4-6-15)28-13(2)30;2*1-2/h3-9,11,27H,1-2H3,(H,28,30)(H,25,26,29);2*1-2H3. The van der Waals surface area contributed by atoms with E-state index in [1.54, 1.807) is 36.4 Å². The monoisotopic (exact) mass is 476 g/mol. The minimum Gasteiger partial charge on any atom is -0.434 e. The molecule has 0 aliphatic carbocycles. The van der Waals surface area contributed by atoms with Crippen molar-refractivity contribution in [1.29, 1.82) is 5.26 Å². The van der Waals surface area contributed by atoms with E-state index in [2.05, 4.69) is 25.6 Å². The van der Waals surface area contributed by atoms with Gasteiger partial charge >= 0.3 is 0 Å². The molecule has 0 aliphatic rings. The Labute approximate surface area is 204 Å². The molecular formula is C26H29FN6O2. The molecular weight excluding hydrogens is 447 g/mol. The molecule has 0 fully saturated rings. The smallest absolute Gasteiger partial charge is 0.242 e. The van der Waals surface area contributed by atoms with E-state index in [1.807, 2.05) is 40.7 Å². The molecule has 2 heterocycles. The second-order valence-corrected chi connectivity index (χ2v) is 6.79. The van der Waals surface area contributed by atoms with Crippen molar-refractivity contribution in [3.05, 3.63) is 65.9 Å². The summed E-state index contributed by atoms with van der Waals surface area (Å²) in [6, 6.07) is 13.7. The molecule has 3 N–H and O–H groups in total. The first kappa shape index (κ1) is 26.8. The van der Waals surface area contributed by atoms with Gasteiger partial charge in [0.15, 0.2) is 22.9 Å². The zero-order valence-electron chi connectivity index (χ0n) is 20.7. The van der Waals surface area contributed by atoms with Crippen LogP contribution in [-0.2, 0) is 4.79 Å². The number of ether oxygens (including phenoxy) is 1. The molecule has 0 aliphatic heterocycles. The van der Waals surface area contributed by atoms with Gasteiger partial charge in [0.1, 0.15) is 12.4 Å². The number of benzene rings is 2. The summed E-state index contributed by atoms with van der Waals surface area (Å²) in [4.78, 5) is 22.3. The maximum Gasteiger partial charge on any atom is 0.242 e. The summed E-state index contributed by atoms with van der Waals surface area (Å²) in [7, 11) is 0. The van der Waals surface area contributed by atoms with Crippen LogP contribution in [-0.4, -0.2) is 20.9 Å². The van der Waals surface area contributed by atoms with Gasteiger partial charge in [0.05, 0.1) is 0 Å². The van der Waals surface area contributed by atoms with Gasteiger partial charge in [-0.3, -0.25) is 4.79 Å². The molecule has 0 spiro atoms. The van der Waals surface area contributed by atoms with Crippen LogP contribution < -0.4 is 15.4 Å². The minimum atomic E-state index is -0.549. The summed E-state index contributed by atoms with van der Waals surface area (Å²) in [5.74, 6) is -0.635. The topological polar surface area (TPSA) is 116 Å². The Hall–Kier alpha value is -4.45. The molecule has 0 saturated carbocycles. The number of nitriles is 1. The third-order valence-corrected chi connectivity index (χ3v) is 4.44. The first-order chi connectivity index (χ1) is 16.9. The fourth-order valence-corrected chi connectivity index (χ4v) is 3.09. The Morgan fingerprint density at radius 3 is 2.34 bits per heavy atom. The number of aryl methyl sites for hydroxylation is 1. The van der Waals surface area contributed by atoms with E-state index >= 15 is 0 Å². The van der Waals surface area contributed by atoms with Crippen LogP contribution in [0.3, 0.4) is 0 Å². The predicted molar refractivity (Wildman–Crippen MR) is 137 cm³/mol. The molecule has 0 bridgehead atoms. The van der Waals surface area contributed by atoms with Crippen molar-refractivity contribution in [1.82, 2.24) is 15.0 Å². The first-order valence-corrected chi connectivity index (χ1v) is 11.3. The molecule has 2 aromatic carbocycles. The fourth-order valence-electron chi connectivity index (χ4n) is 3.09. The van der Waals surface area contributed by atoms with E-state index in [0.717, 1.165) is 5.69 Å². The van der Waals surface area contributed by atoms with E-state index in [9.17, 15) is 14.4 Å². The SMILES string of the molecule is CC.CC.CC(=O)Nc1ccc(Nc2ncnc(Oc3ccc4[nH]c(C)cc4c3F)c2C#N)cc1. The number of amides is 1. The first-order valence-electron chi connectivity index (χ1n) is 11.3. The van der Waals surface area contributed by atoms with Crippen molar-refractivity contribution in [2.75, 3.05) is 10.6 Å². The number of fused-ring (bicyclic) bond motifs is 1. The Bertz CT molecular complexity index is 1330. The highest BCUT2D eigenvalue weighted by atomic mass is 19.1.